The molecule has 0 fully saturated rings. The van der Waals surface area contributed by atoms with E-state index in [1.807, 2.05) is 0 Å². The molecule has 1 amide bonds. The van der Waals surface area contributed by atoms with Gasteiger partial charge in [0.05, 0.1) is 0 Å². The molecule has 0 aromatic heterocycles. The van der Waals surface area contributed by atoms with Crippen molar-refractivity contribution in [2.24, 2.45) is 5.73 Å². The van der Waals surface area contributed by atoms with Crippen molar-refractivity contribution < 1.29 is 27.9 Å². The van der Waals surface area contributed by atoms with E-state index in [9.17, 15) is 22.8 Å². The number of carboxylic acid groups (broad SMARTS) is 1. The number of halogens is 3. The molecule has 0 aromatic carbocycles. The fraction of sp³-hybridized carbons (Fsp3) is 0.778. The van der Waals surface area contributed by atoms with Crippen LogP contribution < -0.4 is 5.73 Å². The van der Waals surface area contributed by atoms with Gasteiger partial charge in [0.2, 0.25) is 5.91 Å². The molecule has 0 aliphatic carbocycles. The number of carbonyl (C=O) groups is 2. The summed E-state index contributed by atoms with van der Waals surface area (Å²) in [6.45, 7) is 0.949. The Labute approximate surface area is 96.4 Å². The van der Waals surface area contributed by atoms with Crippen molar-refractivity contribution in [1.29, 1.82) is 0 Å². The Morgan fingerprint density at radius 1 is 1.35 bits per heavy atom. The van der Waals surface area contributed by atoms with E-state index in [2.05, 4.69) is 0 Å². The minimum Gasteiger partial charge on any atom is -0.480 e. The largest absolute Gasteiger partial charge is 0.487 e. The van der Waals surface area contributed by atoms with Crippen molar-refractivity contribution in [3.8, 4) is 0 Å². The molecule has 8 heteroatoms. The van der Waals surface area contributed by atoms with E-state index in [1.165, 1.54) is 0 Å². The number of hydrogen-bond donors (Lipinski definition) is 2. The first-order valence-electron chi connectivity index (χ1n) is 5.01. The highest BCUT2D eigenvalue weighted by Crippen LogP contribution is 2.26. The van der Waals surface area contributed by atoms with Crippen molar-refractivity contribution in [1.82, 2.24) is 4.90 Å². The maximum Gasteiger partial charge on any atom is 0.487 e. The third-order valence-electron chi connectivity index (χ3n) is 2.14. The van der Waals surface area contributed by atoms with E-state index in [0.717, 1.165) is 0 Å². The van der Waals surface area contributed by atoms with Crippen LogP contribution in [0, 0.1) is 0 Å². The summed E-state index contributed by atoms with van der Waals surface area (Å²) < 4.78 is 37.5. The lowest BCUT2D eigenvalue weighted by atomic mass is 10.1. The highest BCUT2D eigenvalue weighted by Gasteiger charge is 2.46. The molecule has 0 saturated carbocycles. The van der Waals surface area contributed by atoms with E-state index >= 15 is 0 Å². The average Bonchev–Trinajstić information content (AvgIpc) is 2.13. The monoisotopic (exact) mass is 256 g/mol. The van der Waals surface area contributed by atoms with Crippen molar-refractivity contribution in [3.63, 3.8) is 0 Å². The molecule has 100 valence electrons. The molecule has 1 atom stereocenters. The van der Waals surface area contributed by atoms with Gasteiger partial charge >= 0.3 is 12.3 Å². The summed E-state index contributed by atoms with van der Waals surface area (Å²) in [6.07, 6.45) is -4.63. The van der Waals surface area contributed by atoms with Crippen LogP contribution in [0.3, 0.4) is 0 Å². The van der Waals surface area contributed by atoms with E-state index in [4.69, 9.17) is 10.8 Å². The number of aliphatic carboxylic acids is 1. The molecule has 5 nitrogen and oxygen atoms in total. The van der Waals surface area contributed by atoms with Gasteiger partial charge in [-0.25, -0.2) is 9.69 Å². The van der Waals surface area contributed by atoms with Crippen molar-refractivity contribution in [2.75, 3.05) is 6.54 Å². The fourth-order valence-electron chi connectivity index (χ4n) is 1.42. The molecule has 0 rings (SSSR count). The van der Waals surface area contributed by atoms with Gasteiger partial charge in [0.15, 0.2) is 0 Å². The first kappa shape index (κ1) is 15.7. The number of alkyl halides is 3. The number of nitrogens with two attached hydrogens (primary N) is 1. The zero-order valence-corrected chi connectivity index (χ0v) is 9.33. The topological polar surface area (TPSA) is 83.6 Å². The van der Waals surface area contributed by atoms with Gasteiger partial charge in [0.25, 0.3) is 0 Å². The number of unbranched alkanes of at least 4 members (excludes halogenated alkanes) is 1. The van der Waals surface area contributed by atoms with Crippen LogP contribution in [-0.4, -0.2) is 40.8 Å². The Kier molecular flexibility index (Phi) is 5.94. The fourth-order valence-corrected chi connectivity index (χ4v) is 1.42. The number of rotatable bonds is 6. The predicted molar refractivity (Wildman–Crippen MR) is 52.9 cm³/mol. The second-order valence-electron chi connectivity index (χ2n) is 3.50. The van der Waals surface area contributed by atoms with Crippen LogP contribution in [0.5, 0.6) is 0 Å². The molecule has 0 aliphatic rings. The van der Waals surface area contributed by atoms with Crippen LogP contribution in [0.15, 0.2) is 0 Å². The third kappa shape index (κ3) is 5.03. The number of hydrogen-bond acceptors (Lipinski definition) is 3. The van der Waals surface area contributed by atoms with Gasteiger partial charge in [0.1, 0.15) is 6.04 Å². The molecular weight excluding hydrogens is 241 g/mol. The normalized spacial score (nSPS) is 13.2. The van der Waals surface area contributed by atoms with Crippen molar-refractivity contribution in [2.45, 2.75) is 38.5 Å². The smallest absolute Gasteiger partial charge is 0.480 e. The highest BCUT2D eigenvalue weighted by atomic mass is 19.4. The maximum atomic E-state index is 12.5. The van der Waals surface area contributed by atoms with Gasteiger partial charge < -0.3 is 10.8 Å². The highest BCUT2D eigenvalue weighted by molar-refractivity contribution is 5.82. The van der Waals surface area contributed by atoms with E-state index in [-0.39, 0.29) is 19.4 Å². The van der Waals surface area contributed by atoms with Gasteiger partial charge in [0, 0.05) is 6.92 Å². The van der Waals surface area contributed by atoms with Gasteiger partial charge in [-0.2, -0.15) is 0 Å². The van der Waals surface area contributed by atoms with E-state index in [1.54, 1.807) is 0 Å². The molecule has 0 unspecified atom stereocenters. The summed E-state index contributed by atoms with van der Waals surface area (Å²) in [5.41, 5.74) is 5.16. The number of carbonyl (C=O) groups excluding carboxylic acids is 1. The minimum absolute atomic E-state index is 0.216. The Morgan fingerprint density at radius 2 is 1.88 bits per heavy atom. The van der Waals surface area contributed by atoms with Gasteiger partial charge in [-0.05, 0) is 25.8 Å². The maximum absolute atomic E-state index is 12.5. The van der Waals surface area contributed by atoms with E-state index < -0.39 is 29.1 Å². The van der Waals surface area contributed by atoms with Crippen LogP contribution in [0.4, 0.5) is 13.2 Å². The number of amides is 1. The summed E-state index contributed by atoms with van der Waals surface area (Å²) in [5.74, 6) is -3.01. The second kappa shape index (κ2) is 6.43. The van der Waals surface area contributed by atoms with E-state index in [0.29, 0.717) is 13.3 Å². The van der Waals surface area contributed by atoms with Gasteiger partial charge in [-0.15, -0.1) is 13.2 Å². The summed E-state index contributed by atoms with van der Waals surface area (Å²) in [7, 11) is 0. The van der Waals surface area contributed by atoms with Crippen molar-refractivity contribution >= 4 is 11.9 Å². The van der Waals surface area contributed by atoms with Crippen LogP contribution in [0.25, 0.3) is 0 Å². The molecule has 0 aliphatic heterocycles. The summed E-state index contributed by atoms with van der Waals surface area (Å²) >= 11 is 0. The molecular formula is C9H15F3N2O3. The van der Waals surface area contributed by atoms with Crippen LogP contribution in [-0.2, 0) is 9.59 Å². The molecule has 0 radical (unpaired) electrons. The Hall–Kier alpha value is -1.31. The SMILES string of the molecule is CC(=O)N([C@@H](CCCCN)C(=O)O)C(F)(F)F. The predicted octanol–water partition coefficient (Wildman–Crippen LogP) is 0.937. The molecule has 17 heavy (non-hydrogen) atoms. The Bertz CT molecular complexity index is 281. The summed E-state index contributed by atoms with van der Waals surface area (Å²) in [4.78, 5) is 21.1. The number of carboxylic acids is 1. The minimum atomic E-state index is -4.99. The number of nitrogens with zero attached hydrogens (tertiary/aromatic N) is 1. The van der Waals surface area contributed by atoms with Crippen LogP contribution in [0.2, 0.25) is 0 Å². The van der Waals surface area contributed by atoms with Crippen LogP contribution >= 0.6 is 0 Å². The molecule has 0 saturated heterocycles. The van der Waals surface area contributed by atoms with Gasteiger partial charge in [-0.3, -0.25) is 4.79 Å². The molecule has 0 aromatic rings. The molecule has 0 heterocycles. The van der Waals surface area contributed by atoms with Crippen molar-refractivity contribution in [3.05, 3.63) is 0 Å². The first-order valence-corrected chi connectivity index (χ1v) is 5.01. The second-order valence-corrected chi connectivity index (χ2v) is 3.50. The molecule has 0 spiro atoms. The lowest BCUT2D eigenvalue weighted by Gasteiger charge is -2.29. The first-order chi connectivity index (χ1) is 7.71. The molecule has 3 N–H and O–H groups in total. The summed E-state index contributed by atoms with van der Waals surface area (Å²) in [6, 6.07) is -1.89. The lowest BCUT2D eigenvalue weighted by Crippen LogP contribution is -2.52. The van der Waals surface area contributed by atoms with Gasteiger partial charge in [-0.1, -0.05) is 0 Å². The Balaban J connectivity index is 4.86. The zero-order valence-electron chi connectivity index (χ0n) is 9.33. The van der Waals surface area contributed by atoms with Crippen LogP contribution in [0.1, 0.15) is 26.2 Å². The average molecular weight is 256 g/mol. The molecule has 0 bridgehead atoms. The quantitative estimate of drug-likeness (QED) is 0.547. The lowest BCUT2D eigenvalue weighted by molar-refractivity contribution is -0.252. The standard InChI is InChI=1S/C9H15F3N2O3/c1-6(15)14(9(10,11)12)7(8(16)17)4-2-3-5-13/h7H,2-5,13H2,1H3,(H,16,17)/t7-/m0/s1. The Morgan fingerprint density at radius 3 is 2.18 bits per heavy atom. The third-order valence-corrected chi connectivity index (χ3v) is 2.14. The zero-order chi connectivity index (χ0) is 13.6. The summed E-state index contributed by atoms with van der Waals surface area (Å²) in [5, 5.41) is 8.73.